The highest BCUT2D eigenvalue weighted by Gasteiger charge is 2.39. The molecule has 1 aliphatic heterocycles. The minimum Gasteiger partial charge on any atom is -0.436 e. The molecule has 0 saturated carbocycles. The van der Waals surface area contributed by atoms with E-state index in [2.05, 4.69) is 0 Å². The summed E-state index contributed by atoms with van der Waals surface area (Å²) in [6.45, 7) is 5.32. The van der Waals surface area contributed by atoms with Crippen molar-refractivity contribution in [2.75, 3.05) is 10.6 Å². The third-order valence-electron chi connectivity index (χ3n) is 2.98. The molecule has 1 heterocycles. The number of imide groups is 1. The molecular weight excluding hydrogens is 220 g/mol. The van der Waals surface area contributed by atoms with Crippen molar-refractivity contribution >= 4 is 23.4 Å². The second-order valence-electron chi connectivity index (χ2n) is 4.18. The maximum Gasteiger partial charge on any atom is 0.422 e. The molecule has 0 spiro atoms. The lowest BCUT2D eigenvalue weighted by atomic mass is 10.1. The molecule has 2 rings (SSSR count). The summed E-state index contributed by atoms with van der Waals surface area (Å²) in [5.41, 5.74) is 8.72. The fourth-order valence-electron chi connectivity index (χ4n) is 1.75. The zero-order valence-electron chi connectivity index (χ0n) is 9.98. The number of nitrogens with two attached hydrogens (primary N) is 1. The maximum atomic E-state index is 11.8. The Labute approximate surface area is 99.2 Å². The lowest BCUT2D eigenvalue weighted by Gasteiger charge is -2.14. The summed E-state index contributed by atoms with van der Waals surface area (Å²) in [5.74, 6) is -0.363. The second-order valence-corrected chi connectivity index (χ2v) is 4.18. The summed E-state index contributed by atoms with van der Waals surface area (Å²) in [4.78, 5) is 24.3. The van der Waals surface area contributed by atoms with Crippen molar-refractivity contribution in [2.24, 2.45) is 0 Å². The van der Waals surface area contributed by atoms with Crippen molar-refractivity contribution < 1.29 is 14.3 Å². The molecule has 2 N–H and O–H groups in total. The van der Waals surface area contributed by atoms with Crippen LogP contribution in [0.15, 0.2) is 12.1 Å². The number of nitrogen functional groups attached to an aromatic ring is 1. The van der Waals surface area contributed by atoms with Gasteiger partial charge in [-0.05, 0) is 44.0 Å². The van der Waals surface area contributed by atoms with E-state index < -0.39 is 12.2 Å². The Morgan fingerprint density at radius 3 is 2.41 bits per heavy atom. The van der Waals surface area contributed by atoms with Gasteiger partial charge in [0.15, 0.2) is 6.10 Å². The highest BCUT2D eigenvalue weighted by molar-refractivity contribution is 6.18. The third-order valence-corrected chi connectivity index (χ3v) is 2.98. The standard InChI is InChI=1S/C12H14N2O3/c1-6-4-9(5-10(13)7(6)2)14-11(15)8(3)17-12(14)16/h4-5,8H,13H2,1-3H3. The van der Waals surface area contributed by atoms with E-state index in [1.54, 1.807) is 19.1 Å². The number of hydrogen-bond acceptors (Lipinski definition) is 4. The van der Waals surface area contributed by atoms with E-state index in [0.717, 1.165) is 16.0 Å². The van der Waals surface area contributed by atoms with Crippen LogP contribution >= 0.6 is 0 Å². The summed E-state index contributed by atoms with van der Waals surface area (Å²) in [6.07, 6.45) is -1.38. The van der Waals surface area contributed by atoms with Gasteiger partial charge in [-0.3, -0.25) is 4.79 Å². The van der Waals surface area contributed by atoms with Crippen LogP contribution in [0, 0.1) is 13.8 Å². The van der Waals surface area contributed by atoms with E-state index in [1.165, 1.54) is 0 Å². The molecule has 17 heavy (non-hydrogen) atoms. The van der Waals surface area contributed by atoms with Gasteiger partial charge in [0.25, 0.3) is 5.91 Å². The van der Waals surface area contributed by atoms with Crippen LogP contribution in [0.25, 0.3) is 0 Å². The van der Waals surface area contributed by atoms with Gasteiger partial charge in [-0.2, -0.15) is 0 Å². The average molecular weight is 234 g/mol. The highest BCUT2D eigenvalue weighted by Crippen LogP contribution is 2.28. The van der Waals surface area contributed by atoms with Crippen LogP contribution in [-0.2, 0) is 9.53 Å². The molecule has 1 saturated heterocycles. The summed E-state index contributed by atoms with van der Waals surface area (Å²) in [5, 5.41) is 0. The number of carbonyl (C=O) groups excluding carboxylic acids is 2. The third kappa shape index (κ3) is 1.73. The first-order valence-corrected chi connectivity index (χ1v) is 5.33. The monoisotopic (exact) mass is 234 g/mol. The van der Waals surface area contributed by atoms with E-state index in [4.69, 9.17) is 10.5 Å². The molecular formula is C12H14N2O3. The SMILES string of the molecule is Cc1cc(N2C(=O)OC(C)C2=O)cc(N)c1C. The molecule has 1 unspecified atom stereocenters. The summed E-state index contributed by atoms with van der Waals surface area (Å²) >= 11 is 0. The number of benzene rings is 1. The van der Waals surface area contributed by atoms with Crippen LogP contribution in [0.2, 0.25) is 0 Å². The van der Waals surface area contributed by atoms with Crippen LogP contribution in [0.3, 0.4) is 0 Å². The molecule has 0 radical (unpaired) electrons. The average Bonchev–Trinajstić information content (AvgIpc) is 2.49. The smallest absolute Gasteiger partial charge is 0.422 e. The van der Waals surface area contributed by atoms with E-state index in [0.29, 0.717) is 11.4 Å². The van der Waals surface area contributed by atoms with Crippen LogP contribution in [-0.4, -0.2) is 18.1 Å². The molecule has 1 atom stereocenters. The molecule has 1 aromatic carbocycles. The number of nitrogens with zero attached hydrogens (tertiary/aromatic N) is 1. The first-order valence-electron chi connectivity index (χ1n) is 5.33. The quantitative estimate of drug-likeness (QED) is 0.751. The number of cyclic esters (lactones) is 1. The Morgan fingerprint density at radius 2 is 1.94 bits per heavy atom. The van der Waals surface area contributed by atoms with Crippen LogP contribution in [0.5, 0.6) is 0 Å². The minimum absolute atomic E-state index is 0.363. The Morgan fingerprint density at radius 1 is 1.29 bits per heavy atom. The first kappa shape index (κ1) is 11.4. The molecule has 0 aromatic heterocycles. The van der Waals surface area contributed by atoms with Gasteiger partial charge in [-0.25, -0.2) is 9.69 Å². The molecule has 1 fully saturated rings. The predicted octanol–water partition coefficient (Wildman–Crippen LogP) is 1.76. The Balaban J connectivity index is 2.48. The van der Waals surface area contributed by atoms with Crippen molar-refractivity contribution in [1.29, 1.82) is 0 Å². The van der Waals surface area contributed by atoms with Crippen LogP contribution < -0.4 is 10.6 Å². The zero-order chi connectivity index (χ0) is 12.7. The van der Waals surface area contributed by atoms with E-state index >= 15 is 0 Å². The van der Waals surface area contributed by atoms with Gasteiger partial charge in [0, 0.05) is 5.69 Å². The van der Waals surface area contributed by atoms with Crippen molar-refractivity contribution in [2.45, 2.75) is 26.9 Å². The summed E-state index contributed by atoms with van der Waals surface area (Å²) < 4.78 is 4.85. The van der Waals surface area contributed by atoms with Gasteiger partial charge in [0.2, 0.25) is 0 Å². The Kier molecular flexibility index (Phi) is 2.53. The number of carbonyl (C=O) groups is 2. The van der Waals surface area contributed by atoms with E-state index in [-0.39, 0.29) is 5.91 Å². The minimum atomic E-state index is -0.731. The lowest BCUT2D eigenvalue weighted by Crippen LogP contribution is -2.30. The topological polar surface area (TPSA) is 72.6 Å². The van der Waals surface area contributed by atoms with Crippen molar-refractivity contribution in [3.05, 3.63) is 23.3 Å². The van der Waals surface area contributed by atoms with Crippen LogP contribution in [0.1, 0.15) is 18.1 Å². The molecule has 0 aliphatic carbocycles. The van der Waals surface area contributed by atoms with Gasteiger partial charge >= 0.3 is 6.09 Å². The summed E-state index contributed by atoms with van der Waals surface area (Å²) in [7, 11) is 0. The van der Waals surface area contributed by atoms with Crippen molar-refractivity contribution in [1.82, 2.24) is 0 Å². The zero-order valence-corrected chi connectivity index (χ0v) is 9.98. The number of anilines is 2. The Hall–Kier alpha value is -2.04. The largest absolute Gasteiger partial charge is 0.436 e. The fraction of sp³-hybridized carbons (Fsp3) is 0.333. The van der Waals surface area contributed by atoms with E-state index in [9.17, 15) is 9.59 Å². The Bertz CT molecular complexity index is 487. The van der Waals surface area contributed by atoms with Gasteiger partial charge in [0.05, 0.1) is 5.69 Å². The lowest BCUT2D eigenvalue weighted by molar-refractivity contribution is -0.121. The second kappa shape index (κ2) is 3.76. The number of ether oxygens (including phenoxy) is 1. The highest BCUT2D eigenvalue weighted by atomic mass is 16.6. The fourth-order valence-corrected chi connectivity index (χ4v) is 1.75. The predicted molar refractivity (Wildman–Crippen MR) is 63.8 cm³/mol. The molecule has 0 bridgehead atoms. The van der Waals surface area contributed by atoms with Crippen LogP contribution in [0.4, 0.5) is 16.2 Å². The van der Waals surface area contributed by atoms with Crippen molar-refractivity contribution in [3.63, 3.8) is 0 Å². The summed E-state index contributed by atoms with van der Waals surface area (Å²) in [6, 6.07) is 3.36. The van der Waals surface area contributed by atoms with Gasteiger partial charge in [-0.1, -0.05) is 0 Å². The molecule has 2 amide bonds. The van der Waals surface area contributed by atoms with Gasteiger partial charge in [0.1, 0.15) is 0 Å². The first-order chi connectivity index (χ1) is 7.91. The normalized spacial score (nSPS) is 19.7. The van der Waals surface area contributed by atoms with E-state index in [1.807, 2.05) is 13.8 Å². The number of aryl methyl sites for hydroxylation is 1. The number of amides is 2. The van der Waals surface area contributed by atoms with Crippen molar-refractivity contribution in [3.8, 4) is 0 Å². The molecule has 1 aromatic rings. The van der Waals surface area contributed by atoms with Gasteiger partial charge < -0.3 is 10.5 Å². The molecule has 1 aliphatic rings. The molecule has 5 nitrogen and oxygen atoms in total. The maximum absolute atomic E-state index is 11.8. The number of rotatable bonds is 1. The number of hydrogen-bond donors (Lipinski definition) is 1. The molecule has 90 valence electrons. The molecule has 5 heteroatoms. The van der Waals surface area contributed by atoms with Gasteiger partial charge in [-0.15, -0.1) is 0 Å².